The molecule has 0 heterocycles. The van der Waals surface area contributed by atoms with Gasteiger partial charge < -0.3 is 14.6 Å². The molecule has 3 nitrogen and oxygen atoms in total. The fraction of sp³-hybridized carbons (Fsp3) is 0.625. The van der Waals surface area contributed by atoms with Gasteiger partial charge in [-0.2, -0.15) is 0 Å². The van der Waals surface area contributed by atoms with Crippen LogP contribution < -0.4 is 4.74 Å². The van der Waals surface area contributed by atoms with Crippen LogP contribution in [0.25, 0.3) is 0 Å². The molecule has 0 saturated heterocycles. The summed E-state index contributed by atoms with van der Waals surface area (Å²) in [5, 5.41) is 10.5. The molecule has 0 saturated carbocycles. The molecule has 0 spiro atoms. The molecule has 0 aliphatic carbocycles. The third kappa shape index (κ3) is 4.22. The highest BCUT2D eigenvalue weighted by Gasteiger charge is 2.33. The van der Waals surface area contributed by atoms with Crippen LogP contribution in [-0.4, -0.2) is 23.4 Å². The van der Waals surface area contributed by atoms with Gasteiger partial charge in [-0.05, 0) is 51.8 Å². The van der Waals surface area contributed by atoms with Gasteiger partial charge >= 0.3 is 0 Å². The molecule has 0 aliphatic rings. The number of aliphatic hydroxyl groups is 1. The maximum atomic E-state index is 10.5. The largest absolute Gasteiger partial charge is 0.491 e. The van der Waals surface area contributed by atoms with Crippen molar-refractivity contribution in [1.82, 2.24) is 0 Å². The zero-order chi connectivity index (χ0) is 14.5. The van der Waals surface area contributed by atoms with Crippen molar-refractivity contribution in [2.24, 2.45) is 0 Å². The van der Waals surface area contributed by atoms with Gasteiger partial charge in [0, 0.05) is 6.61 Å². The molecule has 1 N–H and O–H groups in total. The molecular formula is C16H26O3. The molecule has 1 rings (SSSR count). The van der Waals surface area contributed by atoms with Gasteiger partial charge in [-0.15, -0.1) is 0 Å². The average molecular weight is 266 g/mol. The van der Waals surface area contributed by atoms with Crippen molar-refractivity contribution in [2.75, 3.05) is 6.61 Å². The van der Waals surface area contributed by atoms with E-state index in [0.717, 1.165) is 17.7 Å². The van der Waals surface area contributed by atoms with Gasteiger partial charge in [-0.25, -0.2) is 0 Å². The second-order valence-corrected chi connectivity index (χ2v) is 5.24. The maximum Gasteiger partial charge on any atom is 0.120 e. The van der Waals surface area contributed by atoms with E-state index in [0.29, 0.717) is 6.61 Å². The molecule has 1 aromatic carbocycles. The second-order valence-electron chi connectivity index (χ2n) is 5.24. The molecule has 1 aromatic rings. The Labute approximate surface area is 116 Å². The van der Waals surface area contributed by atoms with Gasteiger partial charge in [0.15, 0.2) is 0 Å². The van der Waals surface area contributed by atoms with Crippen LogP contribution in [0, 0.1) is 0 Å². The van der Waals surface area contributed by atoms with E-state index < -0.39 is 11.7 Å². The second kappa shape index (κ2) is 6.92. The summed E-state index contributed by atoms with van der Waals surface area (Å²) in [4.78, 5) is 0. The van der Waals surface area contributed by atoms with E-state index in [-0.39, 0.29) is 6.10 Å². The topological polar surface area (TPSA) is 38.7 Å². The highest BCUT2D eigenvalue weighted by atomic mass is 16.5. The van der Waals surface area contributed by atoms with E-state index >= 15 is 0 Å². The van der Waals surface area contributed by atoms with Gasteiger partial charge in [-0.3, -0.25) is 0 Å². The Kier molecular flexibility index (Phi) is 5.83. The molecule has 3 heteroatoms. The van der Waals surface area contributed by atoms with Crippen LogP contribution in [-0.2, 0) is 4.74 Å². The van der Waals surface area contributed by atoms with Gasteiger partial charge in [0.2, 0.25) is 0 Å². The van der Waals surface area contributed by atoms with Crippen molar-refractivity contribution in [1.29, 1.82) is 0 Å². The summed E-state index contributed by atoms with van der Waals surface area (Å²) in [6.07, 6.45) is 0.210. The van der Waals surface area contributed by atoms with Crippen LogP contribution in [0.3, 0.4) is 0 Å². The first-order chi connectivity index (χ1) is 8.92. The Morgan fingerprint density at radius 3 is 2.47 bits per heavy atom. The monoisotopic (exact) mass is 266 g/mol. The average Bonchev–Trinajstić information content (AvgIpc) is 2.37. The molecule has 0 bridgehead atoms. The molecular weight excluding hydrogens is 240 g/mol. The van der Waals surface area contributed by atoms with Crippen LogP contribution in [0.5, 0.6) is 5.75 Å². The lowest BCUT2D eigenvalue weighted by atomic mass is 9.90. The standard InChI is InChI=1S/C16H26O3/c1-6-16(5,18-7-2)15(17)13-9-8-10-14(11-13)19-12(3)4/h8-12,15,17H,6-7H2,1-5H3. The molecule has 0 fully saturated rings. The maximum absolute atomic E-state index is 10.5. The van der Waals surface area contributed by atoms with Gasteiger partial charge in [0.1, 0.15) is 11.9 Å². The molecule has 0 aliphatic heterocycles. The summed E-state index contributed by atoms with van der Waals surface area (Å²) in [5.41, 5.74) is 0.265. The van der Waals surface area contributed by atoms with Crippen molar-refractivity contribution in [3.05, 3.63) is 29.8 Å². The number of rotatable bonds is 7. The normalized spacial score (nSPS) is 16.2. The quantitative estimate of drug-likeness (QED) is 0.817. The first-order valence-electron chi connectivity index (χ1n) is 7.01. The minimum absolute atomic E-state index is 0.122. The molecule has 0 amide bonds. The summed E-state index contributed by atoms with van der Waals surface area (Å²) < 4.78 is 11.4. The van der Waals surface area contributed by atoms with Crippen molar-refractivity contribution < 1.29 is 14.6 Å². The predicted octanol–water partition coefficient (Wildman–Crippen LogP) is 3.71. The molecule has 2 unspecified atom stereocenters. The van der Waals surface area contributed by atoms with Crippen LogP contribution in [0.4, 0.5) is 0 Å². The van der Waals surface area contributed by atoms with Crippen LogP contribution in [0.2, 0.25) is 0 Å². The number of ether oxygens (including phenoxy) is 2. The fourth-order valence-electron chi connectivity index (χ4n) is 2.09. The van der Waals surface area contributed by atoms with Crippen LogP contribution >= 0.6 is 0 Å². The summed E-state index contributed by atoms with van der Waals surface area (Å²) >= 11 is 0. The van der Waals surface area contributed by atoms with Gasteiger partial charge in [0.25, 0.3) is 0 Å². The van der Waals surface area contributed by atoms with Crippen molar-refractivity contribution in [3.8, 4) is 5.75 Å². The Hall–Kier alpha value is -1.06. The molecule has 0 radical (unpaired) electrons. The van der Waals surface area contributed by atoms with Crippen LogP contribution in [0.1, 0.15) is 52.7 Å². The van der Waals surface area contributed by atoms with Crippen molar-refractivity contribution in [3.63, 3.8) is 0 Å². The van der Waals surface area contributed by atoms with E-state index in [9.17, 15) is 5.11 Å². The molecule has 0 aromatic heterocycles. The summed E-state index contributed by atoms with van der Waals surface area (Å²) in [6.45, 7) is 10.5. The number of aliphatic hydroxyl groups excluding tert-OH is 1. The summed E-state index contributed by atoms with van der Waals surface area (Å²) in [6, 6.07) is 7.60. The third-order valence-corrected chi connectivity index (χ3v) is 3.30. The third-order valence-electron chi connectivity index (χ3n) is 3.30. The summed E-state index contributed by atoms with van der Waals surface area (Å²) in [7, 11) is 0. The molecule has 108 valence electrons. The lowest BCUT2D eigenvalue weighted by Crippen LogP contribution is -2.35. The number of hydrogen-bond donors (Lipinski definition) is 1. The Morgan fingerprint density at radius 1 is 1.26 bits per heavy atom. The Morgan fingerprint density at radius 2 is 1.95 bits per heavy atom. The SMILES string of the molecule is CCOC(C)(CC)C(O)c1cccc(OC(C)C)c1. The van der Waals surface area contributed by atoms with Crippen molar-refractivity contribution in [2.45, 2.75) is 58.8 Å². The number of benzene rings is 1. The van der Waals surface area contributed by atoms with Gasteiger partial charge in [0.05, 0.1) is 11.7 Å². The first-order valence-corrected chi connectivity index (χ1v) is 7.01. The molecule has 2 atom stereocenters. The minimum Gasteiger partial charge on any atom is -0.491 e. The fourth-order valence-corrected chi connectivity index (χ4v) is 2.09. The minimum atomic E-state index is -0.659. The number of hydrogen-bond acceptors (Lipinski definition) is 3. The highest BCUT2D eigenvalue weighted by molar-refractivity contribution is 5.31. The summed E-state index contributed by atoms with van der Waals surface area (Å²) in [5.74, 6) is 0.779. The highest BCUT2D eigenvalue weighted by Crippen LogP contribution is 2.33. The first kappa shape index (κ1) is 16.0. The predicted molar refractivity (Wildman–Crippen MR) is 77.5 cm³/mol. The van der Waals surface area contributed by atoms with Crippen LogP contribution in [0.15, 0.2) is 24.3 Å². The lowest BCUT2D eigenvalue weighted by Gasteiger charge is -2.33. The van der Waals surface area contributed by atoms with E-state index in [4.69, 9.17) is 9.47 Å². The van der Waals surface area contributed by atoms with E-state index in [1.54, 1.807) is 0 Å². The van der Waals surface area contributed by atoms with Gasteiger partial charge in [-0.1, -0.05) is 19.1 Å². The smallest absolute Gasteiger partial charge is 0.120 e. The van der Waals surface area contributed by atoms with E-state index in [2.05, 4.69) is 0 Å². The zero-order valence-corrected chi connectivity index (χ0v) is 12.6. The van der Waals surface area contributed by atoms with E-state index in [1.165, 1.54) is 0 Å². The van der Waals surface area contributed by atoms with Crippen molar-refractivity contribution >= 4 is 0 Å². The molecule has 19 heavy (non-hydrogen) atoms. The zero-order valence-electron chi connectivity index (χ0n) is 12.6. The van der Waals surface area contributed by atoms with E-state index in [1.807, 2.05) is 58.9 Å². The lowest BCUT2D eigenvalue weighted by molar-refractivity contribution is -0.113. The Bertz CT molecular complexity index is 389. The Balaban J connectivity index is 2.95.